The Kier molecular flexibility index (Phi) is 4.22. The first kappa shape index (κ1) is 12.6. The number of hydrogen-bond acceptors (Lipinski definition) is 2. The van der Waals surface area contributed by atoms with Crippen LogP contribution in [0.1, 0.15) is 0 Å². The second kappa shape index (κ2) is 5.68. The Balaban J connectivity index is 2.35. The molecule has 1 aromatic carbocycles. The van der Waals surface area contributed by atoms with E-state index in [1.165, 1.54) is 3.57 Å². The van der Waals surface area contributed by atoms with E-state index in [-0.39, 0.29) is 0 Å². The molecule has 2 rings (SSSR count). The average Bonchev–Trinajstić information content (AvgIpc) is 2.78. The van der Waals surface area contributed by atoms with Gasteiger partial charge in [0.05, 0.1) is 0 Å². The van der Waals surface area contributed by atoms with Crippen LogP contribution in [-0.2, 0) is 0 Å². The summed E-state index contributed by atoms with van der Waals surface area (Å²) in [7, 11) is 0. The maximum atomic E-state index is 4.27. The highest BCUT2D eigenvalue weighted by Crippen LogP contribution is 2.23. The van der Waals surface area contributed by atoms with E-state index >= 15 is 0 Å². The maximum Gasteiger partial charge on any atom is 0.207 e. The van der Waals surface area contributed by atoms with Gasteiger partial charge in [0, 0.05) is 32.7 Å². The van der Waals surface area contributed by atoms with Crippen LogP contribution in [0, 0.1) is 3.57 Å². The molecular weight excluding hydrogens is 393 g/mol. The zero-order chi connectivity index (χ0) is 12.3. The zero-order valence-corrected chi connectivity index (χ0v) is 12.8. The van der Waals surface area contributed by atoms with Crippen LogP contribution < -0.4 is 5.32 Å². The van der Waals surface area contributed by atoms with Gasteiger partial charge in [-0.3, -0.25) is 4.57 Å². The predicted octanol–water partition coefficient (Wildman–Crippen LogP) is 3.84. The summed E-state index contributed by atoms with van der Waals surface area (Å²) < 4.78 is 4.28. The van der Waals surface area contributed by atoms with E-state index in [0.29, 0.717) is 6.54 Å². The normalized spacial score (nSPS) is 10.2. The lowest BCUT2D eigenvalue weighted by Gasteiger charge is -2.09. The number of hydrogen-bond donors (Lipinski definition) is 1. The Morgan fingerprint density at radius 1 is 1.53 bits per heavy atom. The van der Waals surface area contributed by atoms with E-state index in [4.69, 9.17) is 0 Å². The Hall–Kier alpha value is -0.820. The van der Waals surface area contributed by atoms with Crippen molar-refractivity contribution in [2.24, 2.45) is 0 Å². The molecular formula is C12H11BrIN3. The van der Waals surface area contributed by atoms with Gasteiger partial charge in [0.25, 0.3) is 0 Å². The molecule has 1 N–H and O–H groups in total. The molecule has 0 radical (unpaired) electrons. The smallest absolute Gasteiger partial charge is 0.207 e. The molecule has 1 heterocycles. The Bertz CT molecular complexity index is 536. The summed E-state index contributed by atoms with van der Waals surface area (Å²) in [5, 5.41) is 3.20. The van der Waals surface area contributed by atoms with Crippen LogP contribution >= 0.6 is 38.5 Å². The molecule has 0 unspecified atom stereocenters. The van der Waals surface area contributed by atoms with E-state index in [1.807, 2.05) is 29.0 Å². The van der Waals surface area contributed by atoms with Gasteiger partial charge in [0.2, 0.25) is 5.95 Å². The lowest BCUT2D eigenvalue weighted by molar-refractivity contribution is 1.04. The van der Waals surface area contributed by atoms with Crippen molar-refractivity contribution >= 4 is 44.5 Å². The lowest BCUT2D eigenvalue weighted by atomic mass is 10.3. The van der Waals surface area contributed by atoms with Crippen molar-refractivity contribution in [3.63, 3.8) is 0 Å². The van der Waals surface area contributed by atoms with Gasteiger partial charge in [0.1, 0.15) is 0 Å². The third kappa shape index (κ3) is 2.90. The molecule has 5 heteroatoms. The Labute approximate surface area is 122 Å². The molecule has 2 aromatic rings. The Morgan fingerprint density at radius 3 is 3.06 bits per heavy atom. The van der Waals surface area contributed by atoms with Crippen molar-refractivity contribution in [3.05, 3.63) is 51.3 Å². The van der Waals surface area contributed by atoms with Crippen LogP contribution in [0.25, 0.3) is 5.69 Å². The summed E-state index contributed by atoms with van der Waals surface area (Å²) in [5.41, 5.74) is 1.08. The minimum atomic E-state index is 0.699. The van der Waals surface area contributed by atoms with Crippen molar-refractivity contribution < 1.29 is 0 Å². The summed E-state index contributed by atoms with van der Waals surface area (Å²) in [5.74, 6) is 0.822. The summed E-state index contributed by atoms with van der Waals surface area (Å²) in [6.45, 7) is 4.38. The highest BCUT2D eigenvalue weighted by Gasteiger charge is 2.05. The standard InChI is InChI=1S/C12H11BrIN3/c1-2-5-15-12-16-6-7-17(12)9-3-4-10(13)11(14)8-9/h2-4,6-8H,1,5H2,(H,15,16). The second-order valence-electron chi connectivity index (χ2n) is 3.39. The van der Waals surface area contributed by atoms with Crippen molar-refractivity contribution in [1.82, 2.24) is 9.55 Å². The number of nitrogens with one attached hydrogen (secondary N) is 1. The zero-order valence-electron chi connectivity index (χ0n) is 9.03. The number of anilines is 1. The predicted molar refractivity (Wildman–Crippen MR) is 82.7 cm³/mol. The fraction of sp³-hybridized carbons (Fsp3) is 0.0833. The molecule has 0 aliphatic carbocycles. The van der Waals surface area contributed by atoms with Gasteiger partial charge in [-0.25, -0.2) is 4.98 Å². The van der Waals surface area contributed by atoms with E-state index in [2.05, 4.69) is 61.5 Å². The number of rotatable bonds is 4. The molecule has 88 valence electrons. The minimum absolute atomic E-state index is 0.699. The van der Waals surface area contributed by atoms with Crippen LogP contribution in [-0.4, -0.2) is 16.1 Å². The molecule has 0 saturated heterocycles. The molecule has 0 aliphatic rings. The van der Waals surface area contributed by atoms with Crippen LogP contribution in [0.15, 0.2) is 47.7 Å². The highest BCUT2D eigenvalue weighted by molar-refractivity contribution is 14.1. The van der Waals surface area contributed by atoms with E-state index in [1.54, 1.807) is 6.20 Å². The molecule has 0 bridgehead atoms. The lowest BCUT2D eigenvalue weighted by Crippen LogP contribution is -2.05. The first-order valence-electron chi connectivity index (χ1n) is 5.06. The maximum absolute atomic E-state index is 4.27. The van der Waals surface area contributed by atoms with Crippen LogP contribution in [0.3, 0.4) is 0 Å². The molecule has 0 aliphatic heterocycles. The second-order valence-corrected chi connectivity index (χ2v) is 5.41. The summed E-state index contributed by atoms with van der Waals surface area (Å²) >= 11 is 5.79. The quantitative estimate of drug-likeness (QED) is 0.620. The van der Waals surface area contributed by atoms with Crippen LogP contribution in [0.4, 0.5) is 5.95 Å². The summed E-state index contributed by atoms with van der Waals surface area (Å²) in [6.07, 6.45) is 5.52. The molecule has 0 amide bonds. The third-order valence-corrected chi connectivity index (χ3v) is 4.55. The van der Waals surface area contributed by atoms with Gasteiger partial charge in [-0.05, 0) is 56.7 Å². The van der Waals surface area contributed by atoms with E-state index < -0.39 is 0 Å². The largest absolute Gasteiger partial charge is 0.352 e. The average molecular weight is 404 g/mol. The van der Waals surface area contributed by atoms with Gasteiger partial charge >= 0.3 is 0 Å². The third-order valence-electron chi connectivity index (χ3n) is 2.23. The van der Waals surface area contributed by atoms with Gasteiger partial charge < -0.3 is 5.32 Å². The Morgan fingerprint density at radius 2 is 2.35 bits per heavy atom. The molecule has 0 saturated carbocycles. The van der Waals surface area contributed by atoms with Gasteiger partial charge in [-0.15, -0.1) is 6.58 Å². The van der Waals surface area contributed by atoms with Gasteiger partial charge in [0.15, 0.2) is 0 Å². The fourth-order valence-corrected chi connectivity index (χ4v) is 2.19. The molecule has 0 spiro atoms. The molecule has 1 aromatic heterocycles. The van der Waals surface area contributed by atoms with Crippen molar-refractivity contribution in [2.75, 3.05) is 11.9 Å². The minimum Gasteiger partial charge on any atom is -0.352 e. The van der Waals surface area contributed by atoms with Crippen LogP contribution in [0.5, 0.6) is 0 Å². The molecule has 3 nitrogen and oxygen atoms in total. The monoisotopic (exact) mass is 403 g/mol. The molecule has 17 heavy (non-hydrogen) atoms. The summed E-state index contributed by atoms with van der Waals surface area (Å²) in [6, 6.07) is 6.19. The number of nitrogens with zero attached hydrogens (tertiary/aromatic N) is 2. The van der Waals surface area contributed by atoms with Gasteiger partial charge in [-0.2, -0.15) is 0 Å². The number of aromatic nitrogens is 2. The van der Waals surface area contributed by atoms with Crippen molar-refractivity contribution in [3.8, 4) is 5.69 Å². The number of benzene rings is 1. The molecule has 0 fully saturated rings. The van der Waals surface area contributed by atoms with Gasteiger partial charge in [-0.1, -0.05) is 6.08 Å². The first-order chi connectivity index (χ1) is 8.22. The molecule has 0 atom stereocenters. The topological polar surface area (TPSA) is 29.9 Å². The van der Waals surface area contributed by atoms with Crippen molar-refractivity contribution in [1.29, 1.82) is 0 Å². The van der Waals surface area contributed by atoms with E-state index in [0.717, 1.165) is 16.1 Å². The van der Waals surface area contributed by atoms with E-state index in [9.17, 15) is 0 Å². The highest BCUT2D eigenvalue weighted by atomic mass is 127. The number of halogens is 2. The fourth-order valence-electron chi connectivity index (χ4n) is 1.44. The SMILES string of the molecule is C=CCNc1nccn1-c1ccc(Br)c(I)c1. The summed E-state index contributed by atoms with van der Waals surface area (Å²) in [4.78, 5) is 4.27. The van der Waals surface area contributed by atoms with Crippen LogP contribution in [0.2, 0.25) is 0 Å². The number of imidazole rings is 1. The first-order valence-corrected chi connectivity index (χ1v) is 6.93. The van der Waals surface area contributed by atoms with Crippen molar-refractivity contribution in [2.45, 2.75) is 0 Å².